The Morgan fingerprint density at radius 1 is 1.41 bits per heavy atom. The SMILES string of the molecule is CC1CCCN(C(=O)CCc2nc3ccccc3c(=O)[nH]2)C1. The quantitative estimate of drug-likeness (QED) is 0.944. The molecule has 1 N–H and O–H groups in total. The minimum atomic E-state index is -0.139. The molecule has 5 heteroatoms. The van der Waals surface area contributed by atoms with Gasteiger partial charge in [0.05, 0.1) is 10.9 Å². The number of nitrogens with one attached hydrogen (secondary N) is 1. The minimum absolute atomic E-state index is 0.139. The monoisotopic (exact) mass is 299 g/mol. The first kappa shape index (κ1) is 14.8. The molecule has 1 saturated heterocycles. The van der Waals surface area contributed by atoms with E-state index in [0.29, 0.717) is 35.5 Å². The summed E-state index contributed by atoms with van der Waals surface area (Å²) in [4.78, 5) is 33.4. The van der Waals surface area contributed by atoms with E-state index >= 15 is 0 Å². The first-order chi connectivity index (χ1) is 10.6. The molecule has 1 atom stereocenters. The number of aromatic amines is 1. The average molecular weight is 299 g/mol. The molecule has 0 saturated carbocycles. The minimum Gasteiger partial charge on any atom is -0.342 e. The Morgan fingerprint density at radius 2 is 2.23 bits per heavy atom. The number of fused-ring (bicyclic) bond motifs is 1. The Kier molecular flexibility index (Phi) is 4.22. The molecule has 3 rings (SSSR count). The zero-order valence-electron chi connectivity index (χ0n) is 12.8. The molecule has 0 bridgehead atoms. The van der Waals surface area contributed by atoms with E-state index in [-0.39, 0.29) is 11.5 Å². The zero-order valence-corrected chi connectivity index (χ0v) is 12.8. The molecule has 1 aliphatic heterocycles. The predicted octanol–water partition coefficient (Wildman–Crippen LogP) is 2.11. The first-order valence-corrected chi connectivity index (χ1v) is 7.89. The molecule has 5 nitrogen and oxygen atoms in total. The van der Waals surface area contributed by atoms with Gasteiger partial charge >= 0.3 is 0 Å². The van der Waals surface area contributed by atoms with Gasteiger partial charge in [0.1, 0.15) is 5.82 Å². The van der Waals surface area contributed by atoms with Crippen molar-refractivity contribution in [1.29, 1.82) is 0 Å². The molecule has 1 aromatic heterocycles. The molecule has 0 aliphatic carbocycles. The van der Waals surface area contributed by atoms with Crippen LogP contribution in [0.25, 0.3) is 10.9 Å². The highest BCUT2D eigenvalue weighted by molar-refractivity contribution is 5.78. The maximum Gasteiger partial charge on any atom is 0.258 e. The van der Waals surface area contributed by atoms with Gasteiger partial charge in [0.2, 0.25) is 5.91 Å². The van der Waals surface area contributed by atoms with Gasteiger partial charge in [-0.15, -0.1) is 0 Å². The number of nitrogens with zero attached hydrogens (tertiary/aromatic N) is 2. The lowest BCUT2D eigenvalue weighted by molar-refractivity contribution is -0.132. The van der Waals surface area contributed by atoms with Crippen LogP contribution in [0, 0.1) is 5.92 Å². The largest absolute Gasteiger partial charge is 0.342 e. The summed E-state index contributed by atoms with van der Waals surface area (Å²) in [6, 6.07) is 7.26. The van der Waals surface area contributed by atoms with E-state index in [1.807, 2.05) is 23.1 Å². The summed E-state index contributed by atoms with van der Waals surface area (Å²) in [7, 11) is 0. The van der Waals surface area contributed by atoms with Gasteiger partial charge in [0.15, 0.2) is 0 Å². The number of amides is 1. The smallest absolute Gasteiger partial charge is 0.258 e. The molecule has 1 unspecified atom stereocenters. The van der Waals surface area contributed by atoms with Gasteiger partial charge in [0.25, 0.3) is 5.56 Å². The van der Waals surface area contributed by atoms with Crippen LogP contribution in [0.1, 0.15) is 32.0 Å². The molecule has 2 heterocycles. The summed E-state index contributed by atoms with van der Waals surface area (Å²) in [6.45, 7) is 3.88. The molecule has 1 amide bonds. The van der Waals surface area contributed by atoms with Crippen LogP contribution >= 0.6 is 0 Å². The van der Waals surface area contributed by atoms with Crippen LogP contribution in [-0.2, 0) is 11.2 Å². The number of aryl methyl sites for hydroxylation is 1. The van der Waals surface area contributed by atoms with Crippen molar-refractivity contribution in [2.75, 3.05) is 13.1 Å². The maximum absolute atomic E-state index is 12.3. The number of rotatable bonds is 3. The van der Waals surface area contributed by atoms with Crippen LogP contribution in [-0.4, -0.2) is 33.9 Å². The Bertz CT molecular complexity index is 738. The number of H-pyrrole nitrogens is 1. The number of hydrogen-bond donors (Lipinski definition) is 1. The van der Waals surface area contributed by atoms with Gasteiger partial charge in [-0.05, 0) is 30.9 Å². The summed E-state index contributed by atoms with van der Waals surface area (Å²) >= 11 is 0. The van der Waals surface area contributed by atoms with Crippen molar-refractivity contribution in [2.45, 2.75) is 32.6 Å². The van der Waals surface area contributed by atoms with Crippen molar-refractivity contribution in [1.82, 2.24) is 14.9 Å². The first-order valence-electron chi connectivity index (χ1n) is 7.89. The standard InChI is InChI=1S/C17H21N3O2/c1-12-5-4-10-20(11-12)16(21)9-8-15-18-14-7-3-2-6-13(14)17(22)19-15/h2-3,6-7,12H,4-5,8-11H2,1H3,(H,18,19,22). The molecular formula is C17H21N3O2. The fraction of sp³-hybridized carbons (Fsp3) is 0.471. The molecule has 22 heavy (non-hydrogen) atoms. The highest BCUT2D eigenvalue weighted by Gasteiger charge is 2.20. The van der Waals surface area contributed by atoms with Crippen molar-refractivity contribution in [3.05, 3.63) is 40.4 Å². The molecular weight excluding hydrogens is 278 g/mol. The lowest BCUT2D eigenvalue weighted by Gasteiger charge is -2.31. The second-order valence-electron chi connectivity index (χ2n) is 6.12. The van der Waals surface area contributed by atoms with Crippen molar-refractivity contribution >= 4 is 16.8 Å². The number of hydrogen-bond acceptors (Lipinski definition) is 3. The van der Waals surface area contributed by atoms with Crippen LogP contribution in [0.3, 0.4) is 0 Å². The third-order valence-corrected chi connectivity index (χ3v) is 4.25. The Hall–Kier alpha value is -2.17. The van der Waals surface area contributed by atoms with Crippen LogP contribution in [0.15, 0.2) is 29.1 Å². The van der Waals surface area contributed by atoms with Gasteiger partial charge in [-0.3, -0.25) is 9.59 Å². The van der Waals surface area contributed by atoms with E-state index in [1.54, 1.807) is 6.07 Å². The molecule has 1 aliphatic rings. The normalized spacial score (nSPS) is 18.6. The fourth-order valence-corrected chi connectivity index (χ4v) is 3.05. The Labute approximate surface area is 129 Å². The van der Waals surface area contributed by atoms with E-state index in [0.717, 1.165) is 19.5 Å². The number of piperidine rings is 1. The van der Waals surface area contributed by atoms with Crippen LogP contribution in [0.4, 0.5) is 0 Å². The molecule has 2 aromatic rings. The van der Waals surface area contributed by atoms with Crippen molar-refractivity contribution < 1.29 is 4.79 Å². The Balaban J connectivity index is 1.68. The van der Waals surface area contributed by atoms with E-state index in [2.05, 4.69) is 16.9 Å². The highest BCUT2D eigenvalue weighted by atomic mass is 16.2. The summed E-state index contributed by atoms with van der Waals surface area (Å²) < 4.78 is 0. The summed E-state index contributed by atoms with van der Waals surface area (Å²) in [5.74, 6) is 1.32. The van der Waals surface area contributed by atoms with E-state index in [1.165, 1.54) is 6.42 Å². The third kappa shape index (κ3) is 3.18. The molecule has 0 spiro atoms. The molecule has 0 radical (unpaired) electrons. The molecule has 116 valence electrons. The van der Waals surface area contributed by atoms with E-state index in [4.69, 9.17) is 0 Å². The number of carbonyl (C=O) groups excluding carboxylic acids is 1. The second-order valence-corrected chi connectivity index (χ2v) is 6.12. The van der Waals surface area contributed by atoms with E-state index in [9.17, 15) is 9.59 Å². The molecule has 1 aromatic carbocycles. The number of aromatic nitrogens is 2. The van der Waals surface area contributed by atoms with Crippen molar-refractivity contribution in [3.63, 3.8) is 0 Å². The Morgan fingerprint density at radius 3 is 3.05 bits per heavy atom. The number of para-hydroxylation sites is 1. The van der Waals surface area contributed by atoms with Crippen molar-refractivity contribution in [3.8, 4) is 0 Å². The summed E-state index contributed by atoms with van der Waals surface area (Å²) in [5.41, 5.74) is 0.542. The molecule has 1 fully saturated rings. The van der Waals surface area contributed by atoms with Crippen LogP contribution in [0.2, 0.25) is 0 Å². The van der Waals surface area contributed by atoms with Gasteiger partial charge in [-0.25, -0.2) is 4.98 Å². The van der Waals surface area contributed by atoms with Crippen LogP contribution < -0.4 is 5.56 Å². The lowest BCUT2D eigenvalue weighted by atomic mass is 10.00. The fourth-order valence-electron chi connectivity index (χ4n) is 3.05. The predicted molar refractivity (Wildman–Crippen MR) is 85.7 cm³/mol. The lowest BCUT2D eigenvalue weighted by Crippen LogP contribution is -2.39. The number of carbonyl (C=O) groups is 1. The van der Waals surface area contributed by atoms with Crippen molar-refractivity contribution in [2.24, 2.45) is 5.92 Å². The maximum atomic E-state index is 12.3. The highest BCUT2D eigenvalue weighted by Crippen LogP contribution is 2.16. The van der Waals surface area contributed by atoms with Gasteiger partial charge in [0, 0.05) is 25.9 Å². The third-order valence-electron chi connectivity index (χ3n) is 4.25. The van der Waals surface area contributed by atoms with Crippen LogP contribution in [0.5, 0.6) is 0 Å². The average Bonchev–Trinajstić information content (AvgIpc) is 2.53. The summed E-state index contributed by atoms with van der Waals surface area (Å²) in [5, 5.41) is 0.586. The van der Waals surface area contributed by atoms with Gasteiger partial charge in [-0.2, -0.15) is 0 Å². The van der Waals surface area contributed by atoms with Gasteiger partial charge in [-0.1, -0.05) is 19.1 Å². The van der Waals surface area contributed by atoms with Gasteiger partial charge < -0.3 is 9.88 Å². The van der Waals surface area contributed by atoms with E-state index < -0.39 is 0 Å². The summed E-state index contributed by atoms with van der Waals surface area (Å²) in [6.07, 6.45) is 3.15. The number of benzene rings is 1. The second kappa shape index (κ2) is 6.30. The topological polar surface area (TPSA) is 66.1 Å². The number of likely N-dealkylation sites (tertiary alicyclic amines) is 1. The zero-order chi connectivity index (χ0) is 15.5.